The number of nitrogens with zero attached hydrogens (tertiary/aromatic N) is 1. The fourth-order valence-electron chi connectivity index (χ4n) is 3.19. The lowest BCUT2D eigenvalue weighted by Crippen LogP contribution is -2.19. The molecule has 0 aromatic heterocycles. The third-order valence-electron chi connectivity index (χ3n) is 4.56. The number of ether oxygens (including phenoxy) is 2. The second kappa shape index (κ2) is 9.57. The number of amidine groups is 1. The predicted molar refractivity (Wildman–Crippen MR) is 125 cm³/mol. The van der Waals surface area contributed by atoms with Crippen molar-refractivity contribution < 1.29 is 24.2 Å². The maximum absolute atomic E-state index is 12.5. The van der Waals surface area contributed by atoms with Gasteiger partial charge >= 0.3 is 5.97 Å². The van der Waals surface area contributed by atoms with Crippen LogP contribution in [-0.2, 0) is 9.59 Å². The number of carbonyl (C=O) groups excluding carboxylic acids is 1. The van der Waals surface area contributed by atoms with Gasteiger partial charge < -0.3 is 19.9 Å². The van der Waals surface area contributed by atoms with Crippen LogP contribution in [0.25, 0.3) is 16.8 Å². The van der Waals surface area contributed by atoms with E-state index in [0.29, 0.717) is 28.2 Å². The van der Waals surface area contributed by atoms with Crippen LogP contribution in [0.1, 0.15) is 12.5 Å². The maximum Gasteiger partial charge on any atom is 0.341 e. The van der Waals surface area contributed by atoms with Gasteiger partial charge in [-0.05, 0) is 53.9 Å². The molecule has 0 atom stereocenters. The minimum absolute atomic E-state index is 0.238. The van der Waals surface area contributed by atoms with Crippen LogP contribution in [0.2, 0.25) is 0 Å². The Bertz CT molecular complexity index is 1250. The van der Waals surface area contributed by atoms with E-state index in [9.17, 15) is 9.59 Å². The van der Waals surface area contributed by atoms with Crippen LogP contribution in [0.3, 0.4) is 0 Å². The van der Waals surface area contributed by atoms with Crippen molar-refractivity contribution in [3.8, 4) is 11.5 Å². The summed E-state index contributed by atoms with van der Waals surface area (Å²) in [6, 6.07) is 18.9. The molecule has 0 spiro atoms. The molecule has 32 heavy (non-hydrogen) atoms. The molecule has 7 nitrogen and oxygen atoms in total. The molecule has 1 aliphatic rings. The molecule has 162 valence electrons. The monoisotopic (exact) mass is 448 g/mol. The number of carbonyl (C=O) groups is 2. The molecule has 0 unspecified atom stereocenters. The molecule has 0 aliphatic carbocycles. The standard InChI is InChI=1S/C24H20N2O5S/c1-2-30-20-12-15(10-11-19(20)31-14-22(27)28)13-21-23(29)26-24(32-21)25-18-9-5-7-16-6-3-4-8-17(16)18/h3-13H,2,14H2,1H3,(H,27,28)(H,25,26,29). The molecule has 0 bridgehead atoms. The van der Waals surface area contributed by atoms with Crippen LogP contribution in [0.5, 0.6) is 11.5 Å². The number of fused-ring (bicyclic) bond motifs is 1. The lowest BCUT2D eigenvalue weighted by atomic mass is 10.1. The number of hydrogen-bond acceptors (Lipinski definition) is 6. The number of aliphatic carboxylic acids is 1. The summed E-state index contributed by atoms with van der Waals surface area (Å²) in [5.41, 5.74) is 1.51. The maximum atomic E-state index is 12.5. The third-order valence-corrected chi connectivity index (χ3v) is 5.47. The second-order valence-electron chi connectivity index (χ2n) is 6.80. The minimum Gasteiger partial charge on any atom is -0.490 e. The van der Waals surface area contributed by atoms with Gasteiger partial charge in [0.25, 0.3) is 5.91 Å². The lowest BCUT2D eigenvalue weighted by molar-refractivity contribution is -0.139. The number of carboxylic acid groups (broad SMARTS) is 1. The van der Waals surface area contributed by atoms with Crippen molar-refractivity contribution in [1.82, 2.24) is 5.32 Å². The first-order chi connectivity index (χ1) is 15.5. The predicted octanol–water partition coefficient (Wildman–Crippen LogP) is 4.59. The molecule has 3 aromatic rings. The number of rotatable bonds is 7. The Hall–Kier alpha value is -3.78. The molecule has 3 aromatic carbocycles. The van der Waals surface area contributed by atoms with Crippen LogP contribution >= 0.6 is 11.8 Å². The molecule has 1 amide bonds. The molecule has 1 saturated heterocycles. The van der Waals surface area contributed by atoms with Crippen molar-refractivity contribution in [2.24, 2.45) is 4.99 Å². The van der Waals surface area contributed by atoms with E-state index in [1.54, 1.807) is 24.3 Å². The number of amides is 1. The summed E-state index contributed by atoms with van der Waals surface area (Å²) in [6.07, 6.45) is 1.73. The molecule has 1 heterocycles. The Morgan fingerprint density at radius 2 is 1.91 bits per heavy atom. The van der Waals surface area contributed by atoms with Crippen molar-refractivity contribution in [1.29, 1.82) is 0 Å². The highest BCUT2D eigenvalue weighted by atomic mass is 32.2. The first-order valence-corrected chi connectivity index (χ1v) is 10.7. The lowest BCUT2D eigenvalue weighted by Gasteiger charge is -2.11. The summed E-state index contributed by atoms with van der Waals surface area (Å²) < 4.78 is 10.8. The summed E-state index contributed by atoms with van der Waals surface area (Å²) in [4.78, 5) is 28.4. The quantitative estimate of drug-likeness (QED) is 0.513. The van der Waals surface area contributed by atoms with E-state index in [0.717, 1.165) is 22.0 Å². The van der Waals surface area contributed by atoms with Gasteiger partial charge in [0, 0.05) is 5.39 Å². The average molecular weight is 449 g/mol. The molecule has 1 aliphatic heterocycles. The van der Waals surface area contributed by atoms with Crippen LogP contribution in [-0.4, -0.2) is 35.4 Å². The number of hydrogen-bond donors (Lipinski definition) is 2. The molecule has 4 rings (SSSR count). The zero-order valence-corrected chi connectivity index (χ0v) is 18.0. The highest BCUT2D eigenvalue weighted by Gasteiger charge is 2.24. The van der Waals surface area contributed by atoms with Crippen LogP contribution in [0, 0.1) is 0 Å². The van der Waals surface area contributed by atoms with E-state index in [2.05, 4.69) is 10.3 Å². The van der Waals surface area contributed by atoms with E-state index in [1.807, 2.05) is 49.4 Å². The van der Waals surface area contributed by atoms with Gasteiger partial charge in [-0.1, -0.05) is 42.5 Å². The average Bonchev–Trinajstić information content (AvgIpc) is 3.12. The normalized spacial score (nSPS) is 15.8. The van der Waals surface area contributed by atoms with Crippen molar-refractivity contribution in [2.45, 2.75) is 6.92 Å². The van der Waals surface area contributed by atoms with Gasteiger partial charge in [-0.25, -0.2) is 9.79 Å². The topological polar surface area (TPSA) is 97.2 Å². The second-order valence-corrected chi connectivity index (χ2v) is 7.83. The number of nitrogens with one attached hydrogen (secondary N) is 1. The Labute approximate surface area is 188 Å². The van der Waals surface area contributed by atoms with Crippen molar-refractivity contribution in [3.05, 3.63) is 71.1 Å². The molecule has 2 N–H and O–H groups in total. The molecule has 0 radical (unpaired) electrons. The van der Waals surface area contributed by atoms with E-state index < -0.39 is 12.6 Å². The summed E-state index contributed by atoms with van der Waals surface area (Å²) in [5.74, 6) is -0.567. The zero-order valence-electron chi connectivity index (χ0n) is 17.2. The summed E-state index contributed by atoms with van der Waals surface area (Å²) in [5, 5.41) is 14.2. The largest absolute Gasteiger partial charge is 0.490 e. The van der Waals surface area contributed by atoms with Crippen LogP contribution < -0.4 is 14.8 Å². The molecule has 0 saturated carbocycles. The highest BCUT2D eigenvalue weighted by molar-refractivity contribution is 8.18. The summed E-state index contributed by atoms with van der Waals surface area (Å²) >= 11 is 1.26. The third kappa shape index (κ3) is 4.92. The first-order valence-electron chi connectivity index (χ1n) is 9.92. The zero-order chi connectivity index (χ0) is 22.5. The number of aliphatic imine (C=N–C) groups is 1. The van der Waals surface area contributed by atoms with E-state index in [-0.39, 0.29) is 5.91 Å². The van der Waals surface area contributed by atoms with Gasteiger partial charge in [-0.2, -0.15) is 0 Å². The first kappa shape index (κ1) is 21.5. The van der Waals surface area contributed by atoms with Gasteiger partial charge in [0.1, 0.15) is 0 Å². The number of thioether (sulfide) groups is 1. The van der Waals surface area contributed by atoms with Gasteiger partial charge in [0.2, 0.25) is 0 Å². The smallest absolute Gasteiger partial charge is 0.341 e. The summed E-state index contributed by atoms with van der Waals surface area (Å²) in [7, 11) is 0. The molecule has 8 heteroatoms. The van der Waals surface area contributed by atoms with E-state index >= 15 is 0 Å². The van der Waals surface area contributed by atoms with Crippen molar-refractivity contribution in [2.75, 3.05) is 13.2 Å². The van der Waals surface area contributed by atoms with Crippen LogP contribution in [0.4, 0.5) is 5.69 Å². The fraction of sp³-hybridized carbons (Fsp3) is 0.125. The number of carboxylic acids is 1. The van der Waals surface area contributed by atoms with Crippen molar-refractivity contribution in [3.63, 3.8) is 0 Å². The van der Waals surface area contributed by atoms with E-state index in [4.69, 9.17) is 14.6 Å². The molecular formula is C24H20N2O5S. The van der Waals surface area contributed by atoms with E-state index in [1.165, 1.54) is 11.8 Å². The SMILES string of the molecule is CCOc1cc(C=C2SC(=Nc3cccc4ccccc34)NC2=O)ccc1OCC(=O)O. The number of benzene rings is 3. The van der Waals surface area contributed by atoms with Crippen molar-refractivity contribution >= 4 is 51.3 Å². The molecule has 1 fully saturated rings. The fourth-order valence-corrected chi connectivity index (χ4v) is 4.02. The summed E-state index contributed by atoms with van der Waals surface area (Å²) in [6.45, 7) is 1.75. The highest BCUT2D eigenvalue weighted by Crippen LogP contribution is 2.33. The van der Waals surface area contributed by atoms with Gasteiger partial charge in [0.15, 0.2) is 23.3 Å². The Morgan fingerprint density at radius 1 is 1.09 bits per heavy atom. The Kier molecular flexibility index (Phi) is 6.42. The van der Waals surface area contributed by atoms with Crippen LogP contribution in [0.15, 0.2) is 70.6 Å². The van der Waals surface area contributed by atoms with Gasteiger partial charge in [-0.15, -0.1) is 0 Å². The Balaban J connectivity index is 1.58. The minimum atomic E-state index is -1.07. The Morgan fingerprint density at radius 3 is 2.72 bits per heavy atom. The van der Waals surface area contributed by atoms with Gasteiger partial charge in [0.05, 0.1) is 17.2 Å². The van der Waals surface area contributed by atoms with Gasteiger partial charge in [-0.3, -0.25) is 4.79 Å². The molecular weight excluding hydrogens is 428 g/mol.